The molecule has 0 saturated carbocycles. The summed E-state index contributed by atoms with van der Waals surface area (Å²) in [6, 6.07) is 55.4. The van der Waals surface area contributed by atoms with Crippen molar-refractivity contribution in [3.8, 4) is 17.4 Å². The Kier molecular flexibility index (Phi) is 5.84. The number of fused-ring (bicyclic) bond motifs is 10. The predicted molar refractivity (Wildman–Crippen MR) is 198 cm³/mol. The summed E-state index contributed by atoms with van der Waals surface area (Å²) in [5.41, 5.74) is 9.34. The Hall–Kier alpha value is -6.22. The molecule has 5 heteroatoms. The zero-order valence-electron chi connectivity index (χ0n) is 25.6. The molecule has 48 heavy (non-hydrogen) atoms. The van der Waals surface area contributed by atoms with Crippen LogP contribution in [0.15, 0.2) is 166 Å². The molecular weight excluding hydrogens is 607 g/mol. The van der Waals surface area contributed by atoms with E-state index in [1.165, 1.54) is 32.6 Å². The van der Waals surface area contributed by atoms with Crippen molar-refractivity contribution in [2.75, 3.05) is 0 Å². The minimum absolute atomic E-state index is 0.668. The Morgan fingerprint density at radius 3 is 1.88 bits per heavy atom. The van der Waals surface area contributed by atoms with E-state index in [9.17, 15) is 5.26 Å². The molecule has 0 N–H and O–H groups in total. The summed E-state index contributed by atoms with van der Waals surface area (Å²) in [6.07, 6.45) is 0. The molecule has 0 unspecified atom stereocenters. The van der Waals surface area contributed by atoms with Gasteiger partial charge in [0.15, 0.2) is 0 Å². The summed E-state index contributed by atoms with van der Waals surface area (Å²) in [5.74, 6) is 0. The molecule has 0 saturated heterocycles. The second kappa shape index (κ2) is 10.4. The van der Waals surface area contributed by atoms with Gasteiger partial charge in [-0.15, -0.1) is 0 Å². The topological polar surface area (TPSA) is 46.8 Å². The number of hydrogen-bond donors (Lipinski definition) is 0. The smallest absolute Gasteiger partial charge is 0.136 e. The number of nitrogens with zero attached hydrogens (tertiary/aromatic N) is 3. The highest BCUT2D eigenvalue weighted by atomic mass is 32.2. The zero-order valence-corrected chi connectivity index (χ0v) is 26.4. The fourth-order valence-electron chi connectivity index (χ4n) is 7.31. The van der Waals surface area contributed by atoms with E-state index in [0.717, 1.165) is 54.1 Å². The van der Waals surface area contributed by atoms with Gasteiger partial charge >= 0.3 is 0 Å². The third-order valence-electron chi connectivity index (χ3n) is 9.39. The maximum absolute atomic E-state index is 9.19. The van der Waals surface area contributed by atoms with Crippen LogP contribution in [0, 0.1) is 11.3 Å². The van der Waals surface area contributed by atoms with Crippen LogP contribution in [0.25, 0.3) is 76.9 Å². The van der Waals surface area contributed by atoms with E-state index < -0.39 is 0 Å². The molecule has 0 aliphatic rings. The Morgan fingerprint density at radius 2 is 1.08 bits per heavy atom. The van der Waals surface area contributed by atoms with Crippen molar-refractivity contribution in [3.63, 3.8) is 0 Å². The number of benzene rings is 7. The van der Waals surface area contributed by atoms with Crippen LogP contribution in [0.5, 0.6) is 0 Å². The van der Waals surface area contributed by atoms with Gasteiger partial charge in [0.2, 0.25) is 0 Å². The summed E-state index contributed by atoms with van der Waals surface area (Å²) in [4.78, 5) is 2.24. The number of hydrogen-bond acceptors (Lipinski definition) is 3. The molecule has 3 heterocycles. The number of nitriles is 1. The normalized spacial score (nSPS) is 11.8. The van der Waals surface area contributed by atoms with E-state index in [1.54, 1.807) is 11.8 Å². The molecule has 10 rings (SSSR count). The first-order valence-corrected chi connectivity index (χ1v) is 16.7. The van der Waals surface area contributed by atoms with E-state index >= 15 is 0 Å². The Bertz CT molecular complexity index is 2910. The molecule has 0 aliphatic heterocycles. The quantitative estimate of drug-likeness (QED) is 0.194. The van der Waals surface area contributed by atoms with Gasteiger partial charge in [-0.25, -0.2) is 0 Å². The van der Waals surface area contributed by atoms with Crippen LogP contribution in [0.1, 0.15) is 5.56 Å². The van der Waals surface area contributed by atoms with E-state index in [-0.39, 0.29) is 0 Å². The van der Waals surface area contributed by atoms with Crippen molar-refractivity contribution >= 4 is 77.3 Å². The highest BCUT2D eigenvalue weighted by Gasteiger charge is 2.22. The fourth-order valence-corrected chi connectivity index (χ4v) is 8.13. The van der Waals surface area contributed by atoms with Gasteiger partial charge in [0.25, 0.3) is 0 Å². The third kappa shape index (κ3) is 3.97. The molecule has 0 fully saturated rings. The summed E-state index contributed by atoms with van der Waals surface area (Å²) in [5, 5.41) is 16.3. The monoisotopic (exact) mass is 631 g/mol. The first-order chi connectivity index (χ1) is 23.7. The summed E-state index contributed by atoms with van der Waals surface area (Å²) < 4.78 is 11.2. The van der Waals surface area contributed by atoms with Gasteiger partial charge < -0.3 is 13.6 Å². The van der Waals surface area contributed by atoms with Gasteiger partial charge in [0, 0.05) is 53.5 Å². The number of aromatic nitrogens is 2. The highest BCUT2D eigenvalue weighted by molar-refractivity contribution is 7.99. The second-order valence-corrected chi connectivity index (χ2v) is 13.2. The van der Waals surface area contributed by atoms with Crippen molar-refractivity contribution in [2.45, 2.75) is 9.79 Å². The van der Waals surface area contributed by atoms with Crippen LogP contribution in [0.3, 0.4) is 0 Å². The lowest BCUT2D eigenvalue weighted by molar-refractivity contribution is 0.669. The van der Waals surface area contributed by atoms with Crippen molar-refractivity contribution in [1.82, 2.24) is 9.13 Å². The predicted octanol–water partition coefficient (Wildman–Crippen LogP) is 11.8. The Balaban J connectivity index is 1.27. The first-order valence-electron chi connectivity index (χ1n) is 15.9. The number of para-hydroxylation sites is 3. The molecule has 3 aromatic heterocycles. The zero-order chi connectivity index (χ0) is 31.8. The lowest BCUT2D eigenvalue weighted by atomic mass is 10.0. The molecule has 0 radical (unpaired) electrons. The molecule has 10 aromatic rings. The van der Waals surface area contributed by atoms with Gasteiger partial charge in [-0.3, -0.25) is 0 Å². The van der Waals surface area contributed by atoms with E-state index in [2.05, 4.69) is 137 Å². The second-order valence-electron chi connectivity index (χ2n) is 12.1. The molecule has 224 valence electrons. The largest absolute Gasteiger partial charge is 0.456 e. The lowest BCUT2D eigenvalue weighted by Gasteiger charge is -2.10. The van der Waals surface area contributed by atoms with Gasteiger partial charge in [-0.1, -0.05) is 66.4 Å². The van der Waals surface area contributed by atoms with E-state index in [4.69, 9.17) is 4.42 Å². The van der Waals surface area contributed by atoms with Crippen LogP contribution in [0.2, 0.25) is 0 Å². The highest BCUT2D eigenvalue weighted by Crippen LogP contribution is 2.44. The Morgan fingerprint density at radius 1 is 0.458 bits per heavy atom. The van der Waals surface area contributed by atoms with Crippen LogP contribution >= 0.6 is 11.8 Å². The van der Waals surface area contributed by atoms with E-state index in [0.29, 0.717) is 5.56 Å². The average Bonchev–Trinajstić information content (AvgIpc) is 3.79. The Labute approximate surface area is 279 Å². The molecule has 0 atom stereocenters. The molecule has 0 bridgehead atoms. The van der Waals surface area contributed by atoms with Crippen LogP contribution < -0.4 is 0 Å². The van der Waals surface area contributed by atoms with Crippen molar-refractivity contribution in [3.05, 3.63) is 157 Å². The van der Waals surface area contributed by atoms with Gasteiger partial charge in [0.1, 0.15) is 11.2 Å². The number of rotatable bonds is 4. The van der Waals surface area contributed by atoms with Crippen LogP contribution in [-0.4, -0.2) is 9.13 Å². The van der Waals surface area contributed by atoms with Crippen molar-refractivity contribution in [1.29, 1.82) is 5.26 Å². The summed E-state index contributed by atoms with van der Waals surface area (Å²) in [6.45, 7) is 0. The third-order valence-corrected chi connectivity index (χ3v) is 10.4. The molecule has 0 spiro atoms. The van der Waals surface area contributed by atoms with Crippen LogP contribution in [0.4, 0.5) is 0 Å². The SMILES string of the molecule is N#Cc1ccc(Sc2ccc(-n3c4cc5c6ccccc6n(-c6ccccc6)c5cc4c4c5c(ccc43)oc3ccccc35)cc2)cc1. The van der Waals surface area contributed by atoms with Gasteiger partial charge in [-0.05, 0) is 97.1 Å². The van der Waals surface area contributed by atoms with Crippen molar-refractivity contribution in [2.24, 2.45) is 0 Å². The molecule has 0 aliphatic carbocycles. The average molecular weight is 632 g/mol. The maximum atomic E-state index is 9.19. The standard InChI is InChI=1S/C43H25N3OS/c44-26-27-14-18-30(19-15-27)48-31-20-16-29(17-21-31)46-37-22-23-41-43(33-11-5-7-13-40(33)47-41)42(37)35-25-38-34(24-39(35)46)32-10-4-6-12-36(32)45(38)28-8-2-1-3-9-28/h1-25H. The fraction of sp³-hybridized carbons (Fsp3) is 0. The lowest BCUT2D eigenvalue weighted by Crippen LogP contribution is -1.94. The van der Waals surface area contributed by atoms with Gasteiger partial charge in [0.05, 0.1) is 33.7 Å². The van der Waals surface area contributed by atoms with Gasteiger partial charge in [-0.2, -0.15) is 5.26 Å². The summed E-state index contributed by atoms with van der Waals surface area (Å²) >= 11 is 1.69. The molecule has 0 amide bonds. The minimum atomic E-state index is 0.668. The molecular formula is C43H25N3OS. The van der Waals surface area contributed by atoms with Crippen LogP contribution in [-0.2, 0) is 0 Å². The first kappa shape index (κ1) is 26.9. The molecule has 7 aromatic carbocycles. The number of furan rings is 1. The molecule has 4 nitrogen and oxygen atoms in total. The van der Waals surface area contributed by atoms with E-state index in [1.807, 2.05) is 30.3 Å². The van der Waals surface area contributed by atoms with Crippen molar-refractivity contribution < 1.29 is 4.42 Å². The maximum Gasteiger partial charge on any atom is 0.136 e. The minimum Gasteiger partial charge on any atom is -0.456 e. The summed E-state index contributed by atoms with van der Waals surface area (Å²) in [7, 11) is 0.